The maximum absolute atomic E-state index is 13.1. The van der Waals surface area contributed by atoms with Gasteiger partial charge in [0.15, 0.2) is 4.80 Å². The summed E-state index contributed by atoms with van der Waals surface area (Å²) in [7, 11) is 2.92. The van der Waals surface area contributed by atoms with Crippen molar-refractivity contribution in [1.82, 2.24) is 15.2 Å². The standard InChI is InChI=1S/C25H26ClF3N4O5S/c1-36-18-8-9-19(21(14-18)37-2)22(34)32-24-33(13-3-11-30-23(35)31-12-10-26)20(15-39-24)16-4-6-17(7-5-16)38-25(27,28)29/h4-9,14-15H,3,10-13H2,1-2H3,(H2,30,31,35)/b32-24-. The summed E-state index contributed by atoms with van der Waals surface area (Å²) in [6, 6.07) is 9.75. The van der Waals surface area contributed by atoms with Crippen molar-refractivity contribution in [2.75, 3.05) is 33.2 Å². The van der Waals surface area contributed by atoms with Gasteiger partial charge in [-0.05, 0) is 48.4 Å². The molecule has 0 aliphatic heterocycles. The molecule has 2 aromatic carbocycles. The lowest BCUT2D eigenvalue weighted by Gasteiger charge is -2.12. The van der Waals surface area contributed by atoms with Crippen LogP contribution in [0.4, 0.5) is 18.0 Å². The number of amides is 3. The maximum atomic E-state index is 13.1. The average molecular weight is 587 g/mol. The molecule has 0 aliphatic rings. The Morgan fingerprint density at radius 2 is 1.72 bits per heavy atom. The van der Waals surface area contributed by atoms with Crippen molar-refractivity contribution >= 4 is 34.9 Å². The molecule has 3 amide bonds. The number of urea groups is 1. The van der Waals surface area contributed by atoms with E-state index in [1.54, 1.807) is 28.1 Å². The molecule has 0 aliphatic carbocycles. The first-order valence-electron chi connectivity index (χ1n) is 11.6. The van der Waals surface area contributed by atoms with Crippen molar-refractivity contribution in [1.29, 1.82) is 0 Å². The number of carbonyl (C=O) groups is 2. The molecule has 210 valence electrons. The number of benzene rings is 2. The van der Waals surface area contributed by atoms with Crippen LogP contribution in [0, 0.1) is 0 Å². The fourth-order valence-electron chi connectivity index (χ4n) is 3.48. The van der Waals surface area contributed by atoms with E-state index in [0.29, 0.717) is 53.6 Å². The van der Waals surface area contributed by atoms with Crippen LogP contribution in [0.5, 0.6) is 17.2 Å². The number of methoxy groups -OCH3 is 2. The van der Waals surface area contributed by atoms with Gasteiger partial charge < -0.3 is 29.4 Å². The van der Waals surface area contributed by atoms with Crippen LogP contribution >= 0.6 is 22.9 Å². The lowest BCUT2D eigenvalue weighted by molar-refractivity contribution is -0.274. The molecule has 0 fully saturated rings. The molecule has 0 unspecified atom stereocenters. The average Bonchev–Trinajstić information content (AvgIpc) is 3.30. The van der Waals surface area contributed by atoms with Crippen molar-refractivity contribution in [2.24, 2.45) is 4.99 Å². The second-order valence-corrected chi connectivity index (χ2v) is 9.05. The number of nitrogens with one attached hydrogen (secondary N) is 2. The summed E-state index contributed by atoms with van der Waals surface area (Å²) in [6.45, 7) is 0.987. The molecule has 14 heteroatoms. The SMILES string of the molecule is COc1ccc(C(=O)/N=c2\scc(-c3ccc(OC(F)(F)F)cc3)n2CCCNC(=O)NCCCl)c(OC)c1. The summed E-state index contributed by atoms with van der Waals surface area (Å²) in [5, 5.41) is 7.06. The van der Waals surface area contributed by atoms with Gasteiger partial charge in [-0.15, -0.1) is 36.1 Å². The number of nitrogens with zero attached hydrogens (tertiary/aromatic N) is 2. The minimum Gasteiger partial charge on any atom is -0.497 e. The molecule has 3 aromatic rings. The van der Waals surface area contributed by atoms with Gasteiger partial charge in [0.05, 0.1) is 25.5 Å². The third-order valence-electron chi connectivity index (χ3n) is 5.24. The van der Waals surface area contributed by atoms with Gasteiger partial charge in [0.2, 0.25) is 0 Å². The van der Waals surface area contributed by atoms with Crippen LogP contribution in [-0.4, -0.2) is 56.1 Å². The number of hydrogen-bond donors (Lipinski definition) is 2. The molecule has 0 bridgehead atoms. The van der Waals surface area contributed by atoms with Gasteiger partial charge in [0, 0.05) is 37.0 Å². The molecule has 9 nitrogen and oxygen atoms in total. The van der Waals surface area contributed by atoms with Crippen molar-refractivity contribution in [3.05, 3.63) is 58.2 Å². The Bertz CT molecular complexity index is 1340. The predicted octanol–water partition coefficient (Wildman–Crippen LogP) is 4.80. The highest BCUT2D eigenvalue weighted by molar-refractivity contribution is 7.07. The number of rotatable bonds is 11. The Labute approximate surface area is 231 Å². The molecular formula is C25H26ClF3N4O5S. The van der Waals surface area contributed by atoms with Gasteiger partial charge in [-0.25, -0.2) is 4.79 Å². The van der Waals surface area contributed by atoms with Crippen LogP contribution in [0.3, 0.4) is 0 Å². The van der Waals surface area contributed by atoms with Crippen LogP contribution in [0.25, 0.3) is 11.3 Å². The fourth-order valence-corrected chi connectivity index (χ4v) is 4.50. The molecule has 0 spiro atoms. The second-order valence-electron chi connectivity index (χ2n) is 7.84. The number of alkyl halides is 4. The Morgan fingerprint density at radius 1 is 1.03 bits per heavy atom. The molecule has 0 radical (unpaired) electrons. The molecule has 0 atom stereocenters. The van der Waals surface area contributed by atoms with Crippen LogP contribution in [0.1, 0.15) is 16.8 Å². The van der Waals surface area contributed by atoms with Crippen LogP contribution < -0.4 is 29.6 Å². The quantitative estimate of drug-likeness (QED) is 0.248. The second kappa shape index (κ2) is 13.9. The molecule has 3 rings (SSSR count). The predicted molar refractivity (Wildman–Crippen MR) is 141 cm³/mol. The minimum absolute atomic E-state index is 0.228. The first kappa shape index (κ1) is 29.8. The Balaban J connectivity index is 1.91. The third kappa shape index (κ3) is 8.65. The van der Waals surface area contributed by atoms with Crippen LogP contribution in [0.15, 0.2) is 52.8 Å². The van der Waals surface area contributed by atoms with Crippen molar-refractivity contribution in [3.8, 4) is 28.5 Å². The molecular weight excluding hydrogens is 561 g/mol. The highest BCUT2D eigenvalue weighted by Crippen LogP contribution is 2.28. The third-order valence-corrected chi connectivity index (χ3v) is 6.29. The van der Waals surface area contributed by atoms with Crippen LogP contribution in [-0.2, 0) is 6.54 Å². The normalized spacial score (nSPS) is 11.7. The summed E-state index contributed by atoms with van der Waals surface area (Å²) in [6.07, 6.45) is -4.33. The van der Waals surface area contributed by atoms with Crippen molar-refractivity contribution in [3.63, 3.8) is 0 Å². The van der Waals surface area contributed by atoms with E-state index in [0.717, 1.165) is 0 Å². The van der Waals surface area contributed by atoms with Gasteiger partial charge in [0.25, 0.3) is 5.91 Å². The zero-order valence-electron chi connectivity index (χ0n) is 21.0. The van der Waals surface area contributed by atoms with Gasteiger partial charge in [-0.3, -0.25) is 4.79 Å². The summed E-state index contributed by atoms with van der Waals surface area (Å²) in [5.41, 5.74) is 1.44. The van der Waals surface area contributed by atoms with E-state index in [-0.39, 0.29) is 23.2 Å². The Hall–Kier alpha value is -3.71. The number of halogens is 4. The molecule has 1 heterocycles. The minimum atomic E-state index is -4.80. The van der Waals surface area contributed by atoms with Gasteiger partial charge in [-0.1, -0.05) is 0 Å². The largest absolute Gasteiger partial charge is 0.573 e. The van der Waals surface area contributed by atoms with E-state index in [4.69, 9.17) is 21.1 Å². The first-order chi connectivity index (χ1) is 18.6. The highest BCUT2D eigenvalue weighted by atomic mass is 35.5. The maximum Gasteiger partial charge on any atom is 0.573 e. The first-order valence-corrected chi connectivity index (χ1v) is 13.0. The lowest BCUT2D eigenvalue weighted by Crippen LogP contribution is -2.37. The van der Waals surface area contributed by atoms with Crippen LogP contribution in [0.2, 0.25) is 0 Å². The van der Waals surface area contributed by atoms with E-state index in [1.165, 1.54) is 49.8 Å². The smallest absolute Gasteiger partial charge is 0.497 e. The summed E-state index contributed by atoms with van der Waals surface area (Å²) >= 11 is 6.76. The fraction of sp³-hybridized carbons (Fsp3) is 0.320. The summed E-state index contributed by atoms with van der Waals surface area (Å²) in [4.78, 5) is 29.5. The number of ether oxygens (including phenoxy) is 3. The molecule has 0 saturated heterocycles. The highest BCUT2D eigenvalue weighted by Gasteiger charge is 2.31. The summed E-state index contributed by atoms with van der Waals surface area (Å²) in [5.74, 6) is 0.180. The van der Waals surface area contributed by atoms with Gasteiger partial charge in [-0.2, -0.15) is 4.99 Å². The molecule has 0 saturated carbocycles. The Kier molecular flexibility index (Phi) is 10.6. The monoisotopic (exact) mass is 586 g/mol. The van der Waals surface area contributed by atoms with Crippen molar-refractivity contribution in [2.45, 2.75) is 19.3 Å². The summed E-state index contributed by atoms with van der Waals surface area (Å²) < 4.78 is 53.9. The Morgan fingerprint density at radius 3 is 2.36 bits per heavy atom. The van der Waals surface area contributed by atoms with E-state index in [1.807, 2.05) is 0 Å². The van der Waals surface area contributed by atoms with E-state index >= 15 is 0 Å². The zero-order chi connectivity index (χ0) is 28.4. The molecule has 1 aromatic heterocycles. The van der Waals surface area contributed by atoms with Gasteiger partial charge in [0.1, 0.15) is 17.2 Å². The van der Waals surface area contributed by atoms with E-state index < -0.39 is 12.3 Å². The molecule has 2 N–H and O–H groups in total. The van der Waals surface area contributed by atoms with E-state index in [2.05, 4.69) is 20.4 Å². The van der Waals surface area contributed by atoms with Crippen molar-refractivity contribution < 1.29 is 37.0 Å². The molecule has 39 heavy (non-hydrogen) atoms. The number of thiazole rings is 1. The van der Waals surface area contributed by atoms with E-state index in [9.17, 15) is 22.8 Å². The number of carbonyl (C=O) groups excluding carboxylic acids is 2. The lowest BCUT2D eigenvalue weighted by atomic mass is 10.1. The zero-order valence-corrected chi connectivity index (χ0v) is 22.6. The number of hydrogen-bond acceptors (Lipinski definition) is 6. The topological polar surface area (TPSA) is 103 Å². The van der Waals surface area contributed by atoms with Gasteiger partial charge >= 0.3 is 12.4 Å². The number of aromatic nitrogens is 1.